The molecule has 6 heteroatoms. The van der Waals surface area contributed by atoms with E-state index in [0.717, 1.165) is 0 Å². The van der Waals surface area contributed by atoms with Crippen molar-refractivity contribution in [1.29, 1.82) is 0 Å². The largest absolute Gasteiger partial charge is 0.432 e. The molecule has 9 heavy (non-hydrogen) atoms. The average Bonchev–Trinajstić information content (AvgIpc) is 2.12. The second-order valence-corrected chi connectivity index (χ2v) is 1.17. The van der Waals surface area contributed by atoms with Gasteiger partial charge in [-0.25, -0.2) is 4.98 Å². The smallest absolute Gasteiger partial charge is 0.390 e. The average molecular weight is 152 g/mol. The standard InChI is InChI=1S/C3H3N3O2.K/c7-6(8)3-4-1-2-5-3;/h1-2H,(H,4,5);. The quantitative estimate of drug-likeness (QED) is 0.348. The molecule has 43 valence electrons. The summed E-state index contributed by atoms with van der Waals surface area (Å²) >= 11 is 0. The molecule has 0 aliphatic carbocycles. The van der Waals surface area contributed by atoms with Gasteiger partial charge in [0.05, 0.1) is 6.20 Å². The van der Waals surface area contributed by atoms with Crippen LogP contribution in [-0.4, -0.2) is 66.3 Å². The van der Waals surface area contributed by atoms with E-state index in [2.05, 4.69) is 9.97 Å². The second kappa shape index (κ2) is 4.12. The molecule has 1 radical (unpaired) electrons. The summed E-state index contributed by atoms with van der Waals surface area (Å²) in [6.45, 7) is 0. The number of H-pyrrole nitrogens is 1. The minimum absolute atomic E-state index is 0. The summed E-state index contributed by atoms with van der Waals surface area (Å²) in [6, 6.07) is 0. The van der Waals surface area contributed by atoms with Gasteiger partial charge in [-0.3, -0.25) is 0 Å². The predicted molar refractivity (Wildman–Crippen MR) is 31.0 cm³/mol. The Kier molecular flexibility index (Phi) is 4.24. The first-order chi connectivity index (χ1) is 3.80. The van der Waals surface area contributed by atoms with Crippen molar-refractivity contribution in [2.24, 2.45) is 0 Å². The van der Waals surface area contributed by atoms with E-state index in [1.807, 2.05) is 0 Å². The van der Waals surface area contributed by atoms with E-state index >= 15 is 0 Å². The molecule has 5 nitrogen and oxygen atoms in total. The number of rotatable bonds is 1. The van der Waals surface area contributed by atoms with Gasteiger partial charge in [-0.05, 0) is 4.92 Å². The van der Waals surface area contributed by atoms with Gasteiger partial charge in [0.1, 0.15) is 6.20 Å². The topological polar surface area (TPSA) is 71.8 Å². The molecular formula is C3H3KN3O2. The summed E-state index contributed by atoms with van der Waals surface area (Å²) in [7, 11) is 0. The van der Waals surface area contributed by atoms with Gasteiger partial charge in [-0.2, -0.15) is 0 Å². The summed E-state index contributed by atoms with van der Waals surface area (Å²) in [4.78, 5) is 14.9. The SMILES string of the molecule is O=[N+]([O-])c1ncc[nH]1.[K]. The van der Waals surface area contributed by atoms with Crippen molar-refractivity contribution in [2.45, 2.75) is 0 Å². The van der Waals surface area contributed by atoms with Crippen LogP contribution >= 0.6 is 0 Å². The van der Waals surface area contributed by atoms with Gasteiger partial charge < -0.3 is 10.1 Å². The molecule has 1 rings (SSSR count). The summed E-state index contributed by atoms with van der Waals surface area (Å²) in [6.07, 6.45) is 2.73. The fourth-order valence-electron chi connectivity index (χ4n) is 0.357. The molecule has 0 amide bonds. The Labute approximate surface area is 93.4 Å². The Balaban J connectivity index is 0.000000640. The second-order valence-electron chi connectivity index (χ2n) is 1.17. The molecule has 0 aliphatic rings. The maximum Gasteiger partial charge on any atom is 0.432 e. The molecule has 0 fully saturated rings. The van der Waals surface area contributed by atoms with Crippen LogP contribution in [-0.2, 0) is 0 Å². The monoisotopic (exact) mass is 152 g/mol. The van der Waals surface area contributed by atoms with Crippen molar-refractivity contribution in [3.05, 3.63) is 22.5 Å². The molecule has 1 N–H and O–H groups in total. The molecule has 0 unspecified atom stereocenters. The molecule has 0 aromatic carbocycles. The van der Waals surface area contributed by atoms with Gasteiger partial charge in [0, 0.05) is 51.4 Å². The van der Waals surface area contributed by atoms with E-state index in [4.69, 9.17) is 0 Å². The Hall–Kier alpha value is 0.246. The van der Waals surface area contributed by atoms with E-state index in [9.17, 15) is 10.1 Å². The van der Waals surface area contributed by atoms with Crippen LogP contribution in [0.2, 0.25) is 0 Å². The normalized spacial score (nSPS) is 8.00. The van der Waals surface area contributed by atoms with E-state index in [1.165, 1.54) is 12.4 Å². The Morgan fingerprint density at radius 3 is 2.67 bits per heavy atom. The van der Waals surface area contributed by atoms with Gasteiger partial charge in [0.15, 0.2) is 0 Å². The molecule has 0 saturated carbocycles. The number of hydrogen-bond acceptors (Lipinski definition) is 3. The molecule has 0 bridgehead atoms. The van der Waals surface area contributed by atoms with Gasteiger partial charge in [0.25, 0.3) is 0 Å². The summed E-state index contributed by atoms with van der Waals surface area (Å²) in [5.74, 6) is -0.218. The van der Waals surface area contributed by atoms with Crippen LogP contribution in [0.1, 0.15) is 0 Å². The van der Waals surface area contributed by atoms with Gasteiger partial charge in [0.2, 0.25) is 0 Å². The zero-order valence-corrected chi connectivity index (χ0v) is 7.99. The van der Waals surface area contributed by atoms with E-state index < -0.39 is 4.92 Å². The number of aromatic nitrogens is 2. The van der Waals surface area contributed by atoms with E-state index in [1.54, 1.807) is 0 Å². The van der Waals surface area contributed by atoms with Crippen LogP contribution < -0.4 is 0 Å². The summed E-state index contributed by atoms with van der Waals surface area (Å²) < 4.78 is 0. The van der Waals surface area contributed by atoms with Crippen molar-refractivity contribution in [2.75, 3.05) is 0 Å². The number of nitrogens with zero attached hydrogens (tertiary/aromatic N) is 2. The van der Waals surface area contributed by atoms with Crippen LogP contribution in [0.5, 0.6) is 0 Å². The zero-order chi connectivity index (χ0) is 5.98. The minimum Gasteiger partial charge on any atom is -0.390 e. The first kappa shape index (κ1) is 9.25. The molecule has 1 aromatic heterocycles. The maximum absolute atomic E-state index is 9.77. The van der Waals surface area contributed by atoms with Gasteiger partial charge in [-0.1, -0.05) is 4.98 Å². The molecule has 0 aliphatic heterocycles. The minimum atomic E-state index is -0.583. The van der Waals surface area contributed by atoms with Gasteiger partial charge in [-0.15, -0.1) is 0 Å². The van der Waals surface area contributed by atoms with Crippen molar-refractivity contribution >= 4 is 57.3 Å². The molecule has 0 spiro atoms. The van der Waals surface area contributed by atoms with E-state index in [-0.39, 0.29) is 57.3 Å². The Morgan fingerprint density at radius 1 is 1.78 bits per heavy atom. The molecule has 1 aromatic rings. The summed E-state index contributed by atoms with van der Waals surface area (Å²) in [5, 5.41) is 9.77. The molecule has 0 saturated heterocycles. The predicted octanol–water partition coefficient (Wildman–Crippen LogP) is -0.0629. The first-order valence-electron chi connectivity index (χ1n) is 1.94. The van der Waals surface area contributed by atoms with Crippen molar-refractivity contribution < 1.29 is 4.92 Å². The Bertz CT molecular complexity index is 185. The maximum atomic E-state index is 9.77. The number of hydrogen-bond donors (Lipinski definition) is 1. The van der Waals surface area contributed by atoms with Crippen molar-refractivity contribution in [3.8, 4) is 0 Å². The fraction of sp³-hybridized carbons (Fsp3) is 0. The summed E-state index contributed by atoms with van der Waals surface area (Å²) in [5.41, 5.74) is 0. The Morgan fingerprint density at radius 2 is 2.44 bits per heavy atom. The number of nitrogens with one attached hydrogen (secondary N) is 1. The van der Waals surface area contributed by atoms with Crippen LogP contribution in [0.4, 0.5) is 5.95 Å². The number of imidazole rings is 1. The number of nitro groups is 1. The van der Waals surface area contributed by atoms with Crippen LogP contribution in [0.15, 0.2) is 12.4 Å². The van der Waals surface area contributed by atoms with Crippen LogP contribution in [0, 0.1) is 10.1 Å². The number of aromatic amines is 1. The van der Waals surface area contributed by atoms with Crippen LogP contribution in [0.25, 0.3) is 0 Å². The fourth-order valence-corrected chi connectivity index (χ4v) is 0.357. The van der Waals surface area contributed by atoms with Crippen LogP contribution in [0.3, 0.4) is 0 Å². The molecular weight excluding hydrogens is 149 g/mol. The van der Waals surface area contributed by atoms with Crippen molar-refractivity contribution in [1.82, 2.24) is 9.97 Å². The third-order valence-corrected chi connectivity index (χ3v) is 0.657. The van der Waals surface area contributed by atoms with E-state index in [0.29, 0.717) is 0 Å². The zero-order valence-electron chi connectivity index (χ0n) is 4.87. The van der Waals surface area contributed by atoms with Gasteiger partial charge >= 0.3 is 5.95 Å². The third kappa shape index (κ3) is 2.54. The van der Waals surface area contributed by atoms with Crippen molar-refractivity contribution in [3.63, 3.8) is 0 Å². The first-order valence-corrected chi connectivity index (χ1v) is 1.94. The molecule has 0 atom stereocenters. The third-order valence-electron chi connectivity index (χ3n) is 0.657. The molecule has 1 heterocycles.